The van der Waals surface area contributed by atoms with Crippen LogP contribution in [0.2, 0.25) is 0 Å². The Morgan fingerprint density at radius 1 is 1.03 bits per heavy atom. The Morgan fingerprint density at radius 3 is 2.18 bits per heavy atom. The average Bonchev–Trinajstić information content (AvgIpc) is 2.87. The zero-order chi connectivity index (χ0) is 24.7. The lowest BCUT2D eigenvalue weighted by molar-refractivity contribution is -0.154. The molecule has 8 heteroatoms. The summed E-state index contributed by atoms with van der Waals surface area (Å²) in [5, 5.41) is 2.79. The van der Waals surface area contributed by atoms with Gasteiger partial charge in [0.1, 0.15) is 11.5 Å². The van der Waals surface area contributed by atoms with E-state index in [1.807, 2.05) is 26.0 Å². The fraction of sp³-hybridized carbons (Fsp3) is 0.423. The van der Waals surface area contributed by atoms with E-state index in [4.69, 9.17) is 14.2 Å². The Kier molecular flexibility index (Phi) is 8.51. The smallest absolute Gasteiger partial charge is 0.311 e. The first kappa shape index (κ1) is 25.1. The van der Waals surface area contributed by atoms with Crippen molar-refractivity contribution in [3.05, 3.63) is 54.1 Å². The topological polar surface area (TPSA) is 94.2 Å². The summed E-state index contributed by atoms with van der Waals surface area (Å²) in [6, 6.07) is 13.8. The lowest BCUT2D eigenvalue weighted by Crippen LogP contribution is -2.46. The van der Waals surface area contributed by atoms with Crippen molar-refractivity contribution < 1.29 is 28.6 Å². The van der Waals surface area contributed by atoms with E-state index in [1.54, 1.807) is 55.5 Å². The number of hydrogen-bond acceptors (Lipinski definition) is 6. The fourth-order valence-corrected chi connectivity index (χ4v) is 4.03. The molecule has 182 valence electrons. The van der Waals surface area contributed by atoms with Crippen LogP contribution in [0.5, 0.6) is 11.5 Å². The second kappa shape index (κ2) is 11.5. The molecule has 34 heavy (non-hydrogen) atoms. The first-order valence-electron chi connectivity index (χ1n) is 11.4. The predicted molar refractivity (Wildman–Crippen MR) is 128 cm³/mol. The van der Waals surface area contributed by atoms with Gasteiger partial charge in [-0.25, -0.2) is 0 Å². The van der Waals surface area contributed by atoms with Gasteiger partial charge in [-0.15, -0.1) is 0 Å². The predicted octanol–water partition coefficient (Wildman–Crippen LogP) is 3.65. The molecule has 2 aromatic rings. The lowest BCUT2D eigenvalue weighted by atomic mass is 9.83. The normalized spacial score (nSPS) is 18.7. The van der Waals surface area contributed by atoms with Gasteiger partial charge in [0.15, 0.2) is 6.61 Å². The van der Waals surface area contributed by atoms with Gasteiger partial charge < -0.3 is 24.4 Å². The Hall–Kier alpha value is -3.55. The van der Waals surface area contributed by atoms with Crippen LogP contribution in [0.1, 0.15) is 44.7 Å². The molecule has 1 aliphatic heterocycles. The summed E-state index contributed by atoms with van der Waals surface area (Å²) < 4.78 is 15.9. The average molecular weight is 469 g/mol. The van der Waals surface area contributed by atoms with E-state index >= 15 is 0 Å². The monoisotopic (exact) mass is 468 g/mol. The number of nitrogens with one attached hydrogen (secondary N) is 1. The highest BCUT2D eigenvalue weighted by Crippen LogP contribution is 2.41. The summed E-state index contributed by atoms with van der Waals surface area (Å²) in [7, 11) is 3.15. The molecule has 3 unspecified atom stereocenters. The van der Waals surface area contributed by atoms with Gasteiger partial charge in [-0.1, -0.05) is 19.1 Å². The van der Waals surface area contributed by atoms with Gasteiger partial charge in [0, 0.05) is 18.2 Å². The van der Waals surface area contributed by atoms with Crippen LogP contribution >= 0.6 is 0 Å². The summed E-state index contributed by atoms with van der Waals surface area (Å²) in [5.41, 5.74) is 1.43. The van der Waals surface area contributed by atoms with Crippen LogP contribution in [0.3, 0.4) is 0 Å². The van der Waals surface area contributed by atoms with Gasteiger partial charge in [0.05, 0.1) is 26.2 Å². The number of benzene rings is 2. The summed E-state index contributed by atoms with van der Waals surface area (Å²) in [6.07, 6.45) is 1.30. The molecule has 1 N–H and O–H groups in total. The summed E-state index contributed by atoms with van der Waals surface area (Å²) in [4.78, 5) is 40.0. The minimum Gasteiger partial charge on any atom is -0.497 e. The molecule has 0 aromatic heterocycles. The molecule has 1 heterocycles. The van der Waals surface area contributed by atoms with E-state index in [1.165, 1.54) is 0 Å². The standard InChI is InChI=1S/C26H32N2O6/c1-5-17(2)27-23(29)16-34-26(31)22-14-15-24(30)28(19-8-12-21(33-4)13-9-19)25(22)18-6-10-20(32-3)11-7-18/h6-13,17,22,25H,5,14-16H2,1-4H3,(H,27,29). The second-order valence-corrected chi connectivity index (χ2v) is 8.31. The van der Waals surface area contributed by atoms with Crippen LogP contribution in [-0.2, 0) is 19.1 Å². The molecule has 0 bridgehead atoms. The number of carbonyl (C=O) groups excluding carboxylic acids is 3. The van der Waals surface area contributed by atoms with E-state index < -0.39 is 17.9 Å². The number of ether oxygens (including phenoxy) is 3. The summed E-state index contributed by atoms with van der Waals surface area (Å²) in [5.74, 6) is -0.247. The van der Waals surface area contributed by atoms with Gasteiger partial charge in [0.2, 0.25) is 5.91 Å². The molecule has 3 rings (SSSR count). The van der Waals surface area contributed by atoms with Gasteiger partial charge in [-0.05, 0) is 61.7 Å². The second-order valence-electron chi connectivity index (χ2n) is 8.31. The van der Waals surface area contributed by atoms with Crippen LogP contribution < -0.4 is 19.7 Å². The molecule has 1 saturated heterocycles. The minimum absolute atomic E-state index is 0.00360. The Labute approximate surface area is 200 Å². The Morgan fingerprint density at radius 2 is 1.62 bits per heavy atom. The third kappa shape index (κ3) is 5.87. The van der Waals surface area contributed by atoms with Crippen LogP contribution in [0.4, 0.5) is 5.69 Å². The molecular weight excluding hydrogens is 436 g/mol. The van der Waals surface area contributed by atoms with Crippen LogP contribution in [0.15, 0.2) is 48.5 Å². The molecule has 2 amide bonds. The number of amides is 2. The Balaban J connectivity index is 1.90. The van der Waals surface area contributed by atoms with Gasteiger partial charge in [0.25, 0.3) is 5.91 Å². The number of hydrogen-bond donors (Lipinski definition) is 1. The molecule has 3 atom stereocenters. The zero-order valence-electron chi connectivity index (χ0n) is 20.1. The zero-order valence-corrected chi connectivity index (χ0v) is 20.1. The third-order valence-corrected chi connectivity index (χ3v) is 6.07. The number of esters is 1. The number of methoxy groups -OCH3 is 2. The SMILES string of the molecule is CCC(C)NC(=O)COC(=O)C1CCC(=O)N(c2ccc(OC)cc2)C1c1ccc(OC)cc1. The highest BCUT2D eigenvalue weighted by atomic mass is 16.5. The van der Waals surface area contributed by atoms with E-state index in [0.29, 0.717) is 23.6 Å². The van der Waals surface area contributed by atoms with Crippen molar-refractivity contribution in [2.45, 2.75) is 45.2 Å². The molecular formula is C26H32N2O6. The number of rotatable bonds is 9. The third-order valence-electron chi connectivity index (χ3n) is 6.07. The molecule has 1 aliphatic rings. The maximum Gasteiger partial charge on any atom is 0.311 e. The van der Waals surface area contributed by atoms with Crippen LogP contribution in [0, 0.1) is 5.92 Å². The van der Waals surface area contributed by atoms with E-state index in [9.17, 15) is 14.4 Å². The number of carbonyl (C=O) groups is 3. The molecule has 0 aliphatic carbocycles. The van der Waals surface area contributed by atoms with Crippen molar-refractivity contribution in [3.63, 3.8) is 0 Å². The first-order chi connectivity index (χ1) is 16.4. The Bertz CT molecular complexity index is 989. The quantitative estimate of drug-likeness (QED) is 0.565. The van der Waals surface area contributed by atoms with Crippen molar-refractivity contribution >= 4 is 23.5 Å². The molecule has 0 spiro atoms. The molecule has 8 nitrogen and oxygen atoms in total. The molecule has 0 saturated carbocycles. The number of piperidine rings is 1. The van der Waals surface area contributed by atoms with E-state index in [-0.39, 0.29) is 30.9 Å². The van der Waals surface area contributed by atoms with Crippen LogP contribution in [0.25, 0.3) is 0 Å². The van der Waals surface area contributed by atoms with Crippen molar-refractivity contribution in [1.82, 2.24) is 5.32 Å². The van der Waals surface area contributed by atoms with E-state index in [2.05, 4.69) is 5.32 Å². The maximum atomic E-state index is 13.2. The van der Waals surface area contributed by atoms with E-state index in [0.717, 1.165) is 12.0 Å². The van der Waals surface area contributed by atoms with Gasteiger partial charge in [-0.2, -0.15) is 0 Å². The number of anilines is 1. The molecule has 1 fully saturated rings. The van der Waals surface area contributed by atoms with Crippen LogP contribution in [-0.4, -0.2) is 44.7 Å². The molecule has 2 aromatic carbocycles. The van der Waals surface area contributed by atoms with Crippen molar-refractivity contribution in [1.29, 1.82) is 0 Å². The van der Waals surface area contributed by atoms with Crippen molar-refractivity contribution in [2.75, 3.05) is 25.7 Å². The highest BCUT2D eigenvalue weighted by Gasteiger charge is 2.42. The largest absolute Gasteiger partial charge is 0.497 e. The maximum absolute atomic E-state index is 13.2. The summed E-state index contributed by atoms with van der Waals surface area (Å²) in [6.45, 7) is 3.49. The lowest BCUT2D eigenvalue weighted by Gasteiger charge is -2.40. The number of nitrogens with zero attached hydrogens (tertiary/aromatic N) is 1. The first-order valence-corrected chi connectivity index (χ1v) is 11.4. The van der Waals surface area contributed by atoms with Crippen molar-refractivity contribution in [3.8, 4) is 11.5 Å². The highest BCUT2D eigenvalue weighted by molar-refractivity contribution is 5.97. The van der Waals surface area contributed by atoms with Gasteiger partial charge >= 0.3 is 5.97 Å². The fourth-order valence-electron chi connectivity index (χ4n) is 4.03. The minimum atomic E-state index is -0.635. The van der Waals surface area contributed by atoms with Crippen molar-refractivity contribution in [2.24, 2.45) is 5.92 Å². The molecule has 0 radical (unpaired) electrons. The van der Waals surface area contributed by atoms with Gasteiger partial charge in [-0.3, -0.25) is 14.4 Å². The summed E-state index contributed by atoms with van der Waals surface area (Å²) >= 11 is 0.